The zero-order chi connectivity index (χ0) is 28.5. The highest BCUT2D eigenvalue weighted by Gasteiger charge is 2.40. The molecule has 202 valence electrons. The fraction of sp³-hybridized carbons (Fsp3) is 0.115. The van der Waals surface area contributed by atoms with Gasteiger partial charge in [0.15, 0.2) is 0 Å². The van der Waals surface area contributed by atoms with Crippen LogP contribution < -0.4 is 25.0 Å². The van der Waals surface area contributed by atoms with E-state index in [4.69, 9.17) is 32.7 Å². The van der Waals surface area contributed by atoms with Crippen molar-refractivity contribution in [2.75, 3.05) is 29.8 Å². The van der Waals surface area contributed by atoms with Gasteiger partial charge in [0.2, 0.25) is 0 Å². The second kappa shape index (κ2) is 10.9. The molecule has 3 amide bonds. The normalized spacial score (nSPS) is 13.6. The smallest absolute Gasteiger partial charge is 0.417 e. The van der Waals surface area contributed by atoms with Crippen LogP contribution in [0.3, 0.4) is 0 Å². The van der Waals surface area contributed by atoms with Crippen LogP contribution in [0.2, 0.25) is 5.02 Å². The van der Waals surface area contributed by atoms with Crippen molar-refractivity contribution in [3.05, 3.63) is 87.5 Å². The van der Waals surface area contributed by atoms with E-state index < -0.39 is 34.5 Å². The first-order valence-corrected chi connectivity index (χ1v) is 11.8. The Morgan fingerprint density at radius 3 is 2.15 bits per heavy atom. The summed E-state index contributed by atoms with van der Waals surface area (Å²) < 4.78 is 49.7. The molecule has 8 nitrogen and oxygen atoms in total. The lowest BCUT2D eigenvalue weighted by molar-refractivity contribution is -0.137. The van der Waals surface area contributed by atoms with Crippen molar-refractivity contribution < 1.29 is 37.0 Å². The number of halogens is 5. The number of amides is 3. The average molecular weight is 580 g/mol. The zero-order valence-corrected chi connectivity index (χ0v) is 21.7. The number of carbonyl (C=O) groups excluding carboxylic acids is 3. The number of nitrogens with zero attached hydrogens (tertiary/aromatic N) is 1. The third-order valence-corrected chi connectivity index (χ3v) is 6.28. The molecule has 4 rings (SSSR count). The topological polar surface area (TPSA) is 97.0 Å². The third kappa shape index (κ3) is 5.64. The van der Waals surface area contributed by atoms with Gasteiger partial charge in [0.05, 0.1) is 30.5 Å². The summed E-state index contributed by atoms with van der Waals surface area (Å²) in [4.78, 5) is 39.4. The molecule has 0 aliphatic carbocycles. The van der Waals surface area contributed by atoms with E-state index in [0.29, 0.717) is 11.4 Å². The lowest BCUT2D eigenvalue weighted by Gasteiger charge is -2.19. The van der Waals surface area contributed by atoms with Crippen molar-refractivity contribution in [1.29, 1.82) is 0 Å². The molecule has 3 aromatic rings. The molecule has 2 N–H and O–H groups in total. The summed E-state index contributed by atoms with van der Waals surface area (Å²) in [7, 11) is 2.81. The van der Waals surface area contributed by atoms with E-state index in [1.807, 2.05) is 0 Å². The van der Waals surface area contributed by atoms with Gasteiger partial charge in [-0.15, -0.1) is 0 Å². The Kier molecular flexibility index (Phi) is 7.75. The number of hydrogen-bond donors (Lipinski definition) is 2. The second-order valence-electron chi connectivity index (χ2n) is 8.02. The number of imide groups is 1. The highest BCUT2D eigenvalue weighted by molar-refractivity contribution is 6.53. The maximum Gasteiger partial charge on any atom is 0.417 e. The molecule has 0 bridgehead atoms. The molecule has 13 heteroatoms. The molecule has 39 heavy (non-hydrogen) atoms. The third-order valence-electron chi connectivity index (χ3n) is 5.60. The van der Waals surface area contributed by atoms with Gasteiger partial charge in [-0.2, -0.15) is 13.2 Å². The Labute approximate surface area is 229 Å². The number of hydrogen-bond acceptors (Lipinski definition) is 6. The van der Waals surface area contributed by atoms with Crippen molar-refractivity contribution in [3.8, 4) is 11.5 Å². The monoisotopic (exact) mass is 579 g/mol. The van der Waals surface area contributed by atoms with Crippen LogP contribution in [0.25, 0.3) is 0 Å². The molecule has 0 spiro atoms. The van der Waals surface area contributed by atoms with Gasteiger partial charge in [-0.05, 0) is 54.6 Å². The molecule has 0 radical (unpaired) electrons. The van der Waals surface area contributed by atoms with E-state index in [-0.39, 0.29) is 33.4 Å². The van der Waals surface area contributed by atoms with E-state index in [1.165, 1.54) is 56.7 Å². The van der Waals surface area contributed by atoms with E-state index in [1.54, 1.807) is 6.07 Å². The van der Waals surface area contributed by atoms with Gasteiger partial charge in [-0.3, -0.25) is 14.4 Å². The van der Waals surface area contributed by atoms with Crippen molar-refractivity contribution in [2.24, 2.45) is 0 Å². The lowest BCUT2D eigenvalue weighted by atomic mass is 10.1. The molecule has 1 aliphatic rings. The Balaban J connectivity index is 1.51. The van der Waals surface area contributed by atoms with Crippen LogP contribution in [0, 0.1) is 0 Å². The van der Waals surface area contributed by atoms with E-state index >= 15 is 0 Å². The molecule has 0 atom stereocenters. The summed E-state index contributed by atoms with van der Waals surface area (Å²) in [5, 5.41) is 4.29. The number of alkyl halides is 3. The minimum absolute atomic E-state index is 0.0982. The van der Waals surface area contributed by atoms with Gasteiger partial charge in [-0.1, -0.05) is 23.2 Å². The highest BCUT2D eigenvalue weighted by Crippen LogP contribution is 2.38. The fourth-order valence-corrected chi connectivity index (χ4v) is 4.11. The largest absolute Gasteiger partial charge is 0.497 e. The van der Waals surface area contributed by atoms with Gasteiger partial charge >= 0.3 is 6.18 Å². The van der Waals surface area contributed by atoms with E-state index in [0.717, 1.165) is 17.0 Å². The molecule has 1 aliphatic heterocycles. The number of nitrogens with one attached hydrogen (secondary N) is 2. The highest BCUT2D eigenvalue weighted by atomic mass is 35.5. The number of carbonyl (C=O) groups is 3. The summed E-state index contributed by atoms with van der Waals surface area (Å²) in [6.07, 6.45) is -4.69. The molecule has 0 saturated heterocycles. The minimum Gasteiger partial charge on any atom is -0.497 e. The Morgan fingerprint density at radius 2 is 1.54 bits per heavy atom. The molecular weight excluding hydrogens is 562 g/mol. The molecule has 3 aromatic carbocycles. The lowest BCUT2D eigenvalue weighted by Crippen LogP contribution is -2.32. The average Bonchev–Trinajstić information content (AvgIpc) is 3.11. The van der Waals surface area contributed by atoms with Gasteiger partial charge in [0.25, 0.3) is 17.7 Å². The summed E-state index contributed by atoms with van der Waals surface area (Å²) in [5.74, 6) is -1.60. The first-order chi connectivity index (χ1) is 18.4. The fourth-order valence-electron chi connectivity index (χ4n) is 3.67. The maximum absolute atomic E-state index is 13.1. The van der Waals surface area contributed by atoms with Gasteiger partial charge < -0.3 is 20.1 Å². The molecule has 0 unspecified atom stereocenters. The van der Waals surface area contributed by atoms with Gasteiger partial charge in [-0.25, -0.2) is 4.90 Å². The maximum atomic E-state index is 13.1. The van der Waals surface area contributed by atoms with Gasteiger partial charge in [0.1, 0.15) is 22.2 Å². The zero-order valence-electron chi connectivity index (χ0n) is 20.2. The van der Waals surface area contributed by atoms with Crippen molar-refractivity contribution in [2.45, 2.75) is 6.18 Å². The second-order valence-corrected chi connectivity index (χ2v) is 8.81. The number of rotatable bonds is 7. The number of ether oxygens (including phenoxy) is 2. The Morgan fingerprint density at radius 1 is 0.872 bits per heavy atom. The summed E-state index contributed by atoms with van der Waals surface area (Å²) in [6, 6.07) is 13.2. The van der Waals surface area contributed by atoms with Gasteiger partial charge in [0, 0.05) is 23.0 Å². The SMILES string of the molecule is COc1ccc(OC)c(N2C(=O)C(Cl)=C(Nc3ccc(C(=O)Nc4ccc(Cl)c(C(F)(F)F)c4)cc3)C2=O)c1. The Hall–Kier alpha value is -4.22. The van der Waals surface area contributed by atoms with Crippen molar-refractivity contribution in [3.63, 3.8) is 0 Å². The summed E-state index contributed by atoms with van der Waals surface area (Å²) >= 11 is 11.8. The van der Waals surface area contributed by atoms with Crippen LogP contribution in [-0.2, 0) is 15.8 Å². The number of methoxy groups -OCH3 is 2. The van der Waals surface area contributed by atoms with Crippen molar-refractivity contribution >= 4 is 58.0 Å². The quantitative estimate of drug-likeness (QED) is 0.330. The summed E-state index contributed by atoms with van der Waals surface area (Å²) in [5.41, 5.74) is -0.830. The van der Waals surface area contributed by atoms with Crippen LogP contribution in [0.15, 0.2) is 71.4 Å². The molecule has 0 fully saturated rings. The van der Waals surface area contributed by atoms with Crippen molar-refractivity contribution in [1.82, 2.24) is 0 Å². The van der Waals surface area contributed by atoms with Crippen LogP contribution in [-0.4, -0.2) is 31.9 Å². The van der Waals surface area contributed by atoms with Crippen LogP contribution >= 0.6 is 23.2 Å². The van der Waals surface area contributed by atoms with Crippen LogP contribution in [0.5, 0.6) is 11.5 Å². The van der Waals surface area contributed by atoms with E-state index in [9.17, 15) is 27.6 Å². The predicted molar refractivity (Wildman–Crippen MR) is 139 cm³/mol. The first-order valence-electron chi connectivity index (χ1n) is 11.0. The number of benzene rings is 3. The minimum atomic E-state index is -4.69. The standard InChI is InChI=1S/C26H18Cl2F3N3O5/c1-38-16-8-10-20(39-2)19(12-16)34-24(36)21(28)22(25(34)37)32-14-5-3-13(4-6-14)23(35)33-15-7-9-18(27)17(11-15)26(29,30)31/h3-12,32H,1-2H3,(H,33,35). The van der Waals surface area contributed by atoms with Crippen LogP contribution in [0.1, 0.15) is 15.9 Å². The first kappa shape index (κ1) is 27.8. The molecule has 1 heterocycles. The Bertz CT molecular complexity index is 1510. The summed E-state index contributed by atoms with van der Waals surface area (Å²) in [6.45, 7) is 0. The number of anilines is 3. The molecule has 0 saturated carbocycles. The van der Waals surface area contributed by atoms with Crippen LogP contribution in [0.4, 0.5) is 30.2 Å². The molecule has 0 aromatic heterocycles. The van der Waals surface area contributed by atoms with E-state index in [2.05, 4.69) is 10.6 Å². The predicted octanol–water partition coefficient (Wildman–Crippen LogP) is 6.06. The molecular formula is C26H18Cl2F3N3O5.